The molecule has 17 heavy (non-hydrogen) atoms. The quantitative estimate of drug-likeness (QED) is 0.835. The lowest BCUT2D eigenvalue weighted by atomic mass is 10.2. The van der Waals surface area contributed by atoms with Crippen LogP contribution in [0.15, 0.2) is 0 Å². The highest BCUT2D eigenvalue weighted by molar-refractivity contribution is 6.31. The molecule has 0 fully saturated rings. The number of hydrogen-bond acceptors (Lipinski definition) is 3. The highest BCUT2D eigenvalue weighted by atomic mass is 35.5. The summed E-state index contributed by atoms with van der Waals surface area (Å²) < 4.78 is 1.64. The van der Waals surface area contributed by atoms with Crippen LogP contribution in [0.4, 0.5) is 0 Å². The summed E-state index contributed by atoms with van der Waals surface area (Å²) in [7, 11) is 0. The van der Waals surface area contributed by atoms with Crippen molar-refractivity contribution in [3.8, 4) is 0 Å². The van der Waals surface area contributed by atoms with E-state index in [1.807, 2.05) is 20.8 Å². The Labute approximate surface area is 106 Å². The number of nitrogens with one attached hydrogen (secondary N) is 1. The number of halogens is 1. The minimum atomic E-state index is -0.382. The van der Waals surface area contributed by atoms with Gasteiger partial charge in [-0.1, -0.05) is 18.5 Å². The molecule has 0 saturated carbocycles. The van der Waals surface area contributed by atoms with E-state index in [9.17, 15) is 4.79 Å². The van der Waals surface area contributed by atoms with Gasteiger partial charge < -0.3 is 10.4 Å². The predicted octanol–water partition coefficient (Wildman–Crippen LogP) is 1.21. The molecule has 0 aliphatic heterocycles. The molecule has 1 amide bonds. The number of aliphatic hydroxyl groups is 1. The first kappa shape index (κ1) is 14.0. The lowest BCUT2D eigenvalue weighted by molar-refractivity contribution is -0.124. The Bertz CT molecular complexity index is 404. The summed E-state index contributed by atoms with van der Waals surface area (Å²) in [5.74, 6) is -0.149. The van der Waals surface area contributed by atoms with Crippen molar-refractivity contribution < 1.29 is 9.90 Å². The van der Waals surface area contributed by atoms with Crippen LogP contribution in [-0.2, 0) is 4.79 Å². The van der Waals surface area contributed by atoms with Gasteiger partial charge >= 0.3 is 0 Å². The van der Waals surface area contributed by atoms with E-state index in [0.29, 0.717) is 11.4 Å². The summed E-state index contributed by atoms with van der Waals surface area (Å²) in [6.07, 6.45) is 0.621. The molecule has 0 radical (unpaired) electrons. The van der Waals surface area contributed by atoms with Gasteiger partial charge in [-0.25, -0.2) is 0 Å². The van der Waals surface area contributed by atoms with Crippen molar-refractivity contribution in [2.24, 2.45) is 0 Å². The Kier molecular flexibility index (Phi) is 4.96. The number of carbonyl (C=O) groups excluding carboxylic acids is 1. The molecule has 0 saturated heterocycles. The van der Waals surface area contributed by atoms with Gasteiger partial charge in [-0.15, -0.1) is 0 Å². The Hall–Kier alpha value is -1.07. The Morgan fingerprint density at radius 1 is 1.59 bits per heavy atom. The average molecular weight is 260 g/mol. The molecule has 0 aliphatic rings. The third-order valence-corrected chi connectivity index (χ3v) is 3.18. The Morgan fingerprint density at radius 3 is 2.65 bits per heavy atom. The van der Waals surface area contributed by atoms with Gasteiger partial charge in [0.15, 0.2) is 0 Å². The maximum atomic E-state index is 11.9. The van der Waals surface area contributed by atoms with E-state index >= 15 is 0 Å². The van der Waals surface area contributed by atoms with E-state index in [0.717, 1.165) is 11.4 Å². The van der Waals surface area contributed by atoms with Crippen LogP contribution in [0.25, 0.3) is 0 Å². The van der Waals surface area contributed by atoms with Crippen molar-refractivity contribution in [2.75, 3.05) is 13.2 Å². The molecule has 1 heterocycles. The number of nitrogens with zero attached hydrogens (tertiary/aromatic N) is 2. The molecule has 5 nitrogen and oxygen atoms in total. The van der Waals surface area contributed by atoms with Crippen LogP contribution in [0.2, 0.25) is 5.02 Å². The van der Waals surface area contributed by atoms with E-state index in [1.165, 1.54) is 0 Å². The van der Waals surface area contributed by atoms with E-state index in [1.54, 1.807) is 4.68 Å². The van der Waals surface area contributed by atoms with Crippen molar-refractivity contribution in [1.82, 2.24) is 15.1 Å². The van der Waals surface area contributed by atoms with E-state index < -0.39 is 0 Å². The number of aliphatic hydroxyl groups excluding tert-OH is 1. The predicted molar refractivity (Wildman–Crippen MR) is 66.1 cm³/mol. The smallest absolute Gasteiger partial charge is 0.244 e. The van der Waals surface area contributed by atoms with Gasteiger partial charge in [0.2, 0.25) is 5.91 Å². The number of hydrogen-bond donors (Lipinski definition) is 2. The van der Waals surface area contributed by atoms with Crippen molar-refractivity contribution in [3.63, 3.8) is 0 Å². The molecule has 6 heteroatoms. The zero-order chi connectivity index (χ0) is 13.0. The summed E-state index contributed by atoms with van der Waals surface area (Å²) >= 11 is 6.05. The Balaban J connectivity index is 2.93. The van der Waals surface area contributed by atoms with Gasteiger partial charge in [-0.2, -0.15) is 5.10 Å². The maximum absolute atomic E-state index is 11.9. The fourth-order valence-electron chi connectivity index (χ4n) is 1.71. The normalized spacial score (nSPS) is 12.5. The van der Waals surface area contributed by atoms with Gasteiger partial charge in [-0.05, 0) is 20.3 Å². The van der Waals surface area contributed by atoms with Crippen LogP contribution in [0.1, 0.15) is 30.8 Å². The van der Waals surface area contributed by atoms with Gasteiger partial charge in [0.05, 0.1) is 23.0 Å². The molecule has 1 rings (SSSR count). The number of amides is 1. The second-order valence-electron chi connectivity index (χ2n) is 3.87. The summed E-state index contributed by atoms with van der Waals surface area (Å²) in [6, 6.07) is -0.382. The first-order chi connectivity index (χ1) is 8.02. The molecule has 1 aromatic heterocycles. The third kappa shape index (κ3) is 2.98. The molecule has 2 N–H and O–H groups in total. The number of carbonyl (C=O) groups is 1. The molecule has 0 aliphatic carbocycles. The first-order valence-corrected chi connectivity index (χ1v) is 6.00. The summed E-state index contributed by atoms with van der Waals surface area (Å²) in [5.41, 5.74) is 1.51. The third-order valence-electron chi connectivity index (χ3n) is 2.63. The zero-order valence-electron chi connectivity index (χ0n) is 10.3. The van der Waals surface area contributed by atoms with Gasteiger partial charge in [0, 0.05) is 6.54 Å². The van der Waals surface area contributed by atoms with Crippen LogP contribution in [0.5, 0.6) is 0 Å². The Morgan fingerprint density at radius 2 is 2.24 bits per heavy atom. The SMILES string of the molecule is CCC(C(=O)NCCO)n1nc(C)c(Cl)c1C. The summed E-state index contributed by atoms with van der Waals surface area (Å²) in [6.45, 7) is 5.74. The van der Waals surface area contributed by atoms with Crippen molar-refractivity contribution >= 4 is 17.5 Å². The van der Waals surface area contributed by atoms with Crippen LogP contribution < -0.4 is 5.32 Å². The van der Waals surface area contributed by atoms with Crippen molar-refractivity contribution in [1.29, 1.82) is 0 Å². The molecule has 96 valence electrons. The van der Waals surface area contributed by atoms with Crippen LogP contribution >= 0.6 is 11.6 Å². The van der Waals surface area contributed by atoms with Gasteiger partial charge in [0.25, 0.3) is 0 Å². The lowest BCUT2D eigenvalue weighted by Gasteiger charge is -2.16. The minimum absolute atomic E-state index is 0.0694. The number of aromatic nitrogens is 2. The largest absolute Gasteiger partial charge is 0.395 e. The molecule has 1 atom stereocenters. The molecular weight excluding hydrogens is 242 g/mol. The number of aryl methyl sites for hydroxylation is 1. The van der Waals surface area contributed by atoms with E-state index in [-0.39, 0.29) is 25.1 Å². The molecule has 1 aromatic rings. The lowest BCUT2D eigenvalue weighted by Crippen LogP contribution is -2.34. The van der Waals surface area contributed by atoms with Gasteiger partial charge in [-0.3, -0.25) is 9.48 Å². The molecule has 0 aromatic carbocycles. The maximum Gasteiger partial charge on any atom is 0.244 e. The van der Waals surface area contributed by atoms with Crippen molar-refractivity contribution in [2.45, 2.75) is 33.2 Å². The van der Waals surface area contributed by atoms with Gasteiger partial charge in [0.1, 0.15) is 6.04 Å². The summed E-state index contributed by atoms with van der Waals surface area (Å²) in [5, 5.41) is 16.2. The van der Waals surface area contributed by atoms with E-state index in [4.69, 9.17) is 16.7 Å². The molecule has 0 spiro atoms. The highest BCUT2D eigenvalue weighted by Crippen LogP contribution is 2.23. The zero-order valence-corrected chi connectivity index (χ0v) is 11.1. The second kappa shape index (κ2) is 6.02. The topological polar surface area (TPSA) is 67.2 Å². The summed E-state index contributed by atoms with van der Waals surface area (Å²) in [4.78, 5) is 11.9. The molecule has 0 bridgehead atoms. The van der Waals surface area contributed by atoms with Crippen LogP contribution in [0, 0.1) is 13.8 Å². The van der Waals surface area contributed by atoms with Crippen LogP contribution in [-0.4, -0.2) is 33.9 Å². The fraction of sp³-hybridized carbons (Fsp3) is 0.636. The molecule has 1 unspecified atom stereocenters. The van der Waals surface area contributed by atoms with E-state index in [2.05, 4.69) is 10.4 Å². The average Bonchev–Trinajstić information content (AvgIpc) is 2.56. The fourth-order valence-corrected chi connectivity index (χ4v) is 1.84. The number of rotatable bonds is 5. The van der Waals surface area contributed by atoms with Crippen molar-refractivity contribution in [3.05, 3.63) is 16.4 Å². The standard InChI is InChI=1S/C11H18ClN3O2/c1-4-9(11(17)13-5-6-16)15-8(3)10(12)7(2)14-15/h9,16H,4-6H2,1-3H3,(H,13,17). The second-order valence-corrected chi connectivity index (χ2v) is 4.25. The molecular formula is C11H18ClN3O2. The monoisotopic (exact) mass is 259 g/mol. The van der Waals surface area contributed by atoms with Crippen LogP contribution in [0.3, 0.4) is 0 Å². The first-order valence-electron chi connectivity index (χ1n) is 5.62. The highest BCUT2D eigenvalue weighted by Gasteiger charge is 2.22. The minimum Gasteiger partial charge on any atom is -0.395 e.